The highest BCUT2D eigenvalue weighted by molar-refractivity contribution is 6.32. The molecule has 72 valence electrons. The molecule has 2 aromatic rings. The predicted molar refractivity (Wildman–Crippen MR) is 55.9 cm³/mol. The molecule has 0 aromatic carbocycles. The lowest BCUT2D eigenvalue weighted by molar-refractivity contribution is 0.931. The summed E-state index contributed by atoms with van der Waals surface area (Å²) in [5, 5.41) is 0.536. The minimum Gasteiger partial charge on any atom is -0.369 e. The first kappa shape index (κ1) is 9.02. The van der Waals surface area contributed by atoms with Gasteiger partial charge in [0.2, 0.25) is 5.95 Å². The maximum absolute atomic E-state index is 6.05. The Bertz CT molecular complexity index is 449. The molecule has 2 heterocycles. The molecule has 0 aliphatic heterocycles. The van der Waals surface area contributed by atoms with Crippen LogP contribution in [0.15, 0.2) is 24.5 Å². The molecule has 2 rings (SSSR count). The van der Waals surface area contributed by atoms with E-state index in [9.17, 15) is 0 Å². The van der Waals surface area contributed by atoms with Gasteiger partial charge in [-0.15, -0.1) is 0 Å². The van der Waals surface area contributed by atoms with E-state index >= 15 is 0 Å². The summed E-state index contributed by atoms with van der Waals surface area (Å²) in [6.45, 7) is 0. The Kier molecular flexibility index (Phi) is 2.13. The third kappa shape index (κ3) is 1.33. The molecular weight excluding hydrogens is 200 g/mol. The summed E-state index contributed by atoms with van der Waals surface area (Å²) in [7, 11) is 1.77. The SMILES string of the molecule is Cn1c(N)nc(-c2ccncc2)c1Cl. The Morgan fingerprint density at radius 2 is 2.00 bits per heavy atom. The van der Waals surface area contributed by atoms with Crippen molar-refractivity contribution in [3.05, 3.63) is 29.7 Å². The van der Waals surface area contributed by atoms with E-state index < -0.39 is 0 Å². The summed E-state index contributed by atoms with van der Waals surface area (Å²) in [6.07, 6.45) is 3.38. The molecular formula is C9H9ClN4. The third-order valence-corrected chi connectivity index (χ3v) is 2.45. The van der Waals surface area contributed by atoms with Gasteiger partial charge in [0.1, 0.15) is 10.8 Å². The van der Waals surface area contributed by atoms with Crippen molar-refractivity contribution in [2.75, 3.05) is 5.73 Å². The van der Waals surface area contributed by atoms with Crippen LogP contribution in [0.2, 0.25) is 5.15 Å². The normalized spacial score (nSPS) is 10.4. The van der Waals surface area contributed by atoms with Gasteiger partial charge in [0.25, 0.3) is 0 Å². The molecule has 0 spiro atoms. The third-order valence-electron chi connectivity index (χ3n) is 2.01. The first-order chi connectivity index (χ1) is 6.70. The molecule has 0 saturated carbocycles. The zero-order valence-corrected chi connectivity index (χ0v) is 8.36. The molecule has 2 aromatic heterocycles. The molecule has 0 atom stereocenters. The lowest BCUT2D eigenvalue weighted by Crippen LogP contribution is -1.96. The fourth-order valence-electron chi connectivity index (χ4n) is 1.19. The summed E-state index contributed by atoms with van der Waals surface area (Å²) in [6, 6.07) is 3.68. The molecule has 14 heavy (non-hydrogen) atoms. The van der Waals surface area contributed by atoms with E-state index in [1.54, 1.807) is 24.0 Å². The smallest absolute Gasteiger partial charge is 0.201 e. The lowest BCUT2D eigenvalue weighted by Gasteiger charge is -1.96. The Morgan fingerprint density at radius 3 is 2.50 bits per heavy atom. The van der Waals surface area contributed by atoms with Crippen LogP contribution >= 0.6 is 11.6 Å². The number of anilines is 1. The Labute approximate surface area is 86.4 Å². The lowest BCUT2D eigenvalue weighted by atomic mass is 10.2. The van der Waals surface area contributed by atoms with E-state index in [2.05, 4.69) is 9.97 Å². The van der Waals surface area contributed by atoms with Gasteiger partial charge in [-0.3, -0.25) is 4.98 Å². The molecule has 0 radical (unpaired) electrons. The minimum absolute atomic E-state index is 0.404. The van der Waals surface area contributed by atoms with Gasteiger partial charge in [-0.25, -0.2) is 4.98 Å². The average Bonchev–Trinajstić information content (AvgIpc) is 2.47. The maximum atomic E-state index is 6.05. The van der Waals surface area contributed by atoms with E-state index in [-0.39, 0.29) is 0 Å². The van der Waals surface area contributed by atoms with E-state index in [0.29, 0.717) is 16.8 Å². The van der Waals surface area contributed by atoms with Crippen LogP contribution < -0.4 is 5.73 Å². The van der Waals surface area contributed by atoms with Gasteiger partial charge in [-0.2, -0.15) is 0 Å². The van der Waals surface area contributed by atoms with Crippen molar-refractivity contribution in [1.29, 1.82) is 0 Å². The van der Waals surface area contributed by atoms with Gasteiger partial charge in [-0.1, -0.05) is 11.6 Å². The quantitative estimate of drug-likeness (QED) is 0.777. The first-order valence-corrected chi connectivity index (χ1v) is 4.46. The molecule has 5 heteroatoms. The van der Waals surface area contributed by atoms with Crippen LogP contribution in [0.25, 0.3) is 11.3 Å². The fraction of sp³-hybridized carbons (Fsp3) is 0.111. The number of hydrogen-bond donors (Lipinski definition) is 1. The molecule has 0 fully saturated rings. The van der Waals surface area contributed by atoms with Crippen molar-refractivity contribution in [3.63, 3.8) is 0 Å². The van der Waals surface area contributed by atoms with Gasteiger partial charge < -0.3 is 10.3 Å². The van der Waals surface area contributed by atoms with Crippen molar-refractivity contribution in [1.82, 2.24) is 14.5 Å². The number of aromatic nitrogens is 3. The van der Waals surface area contributed by atoms with Crippen LogP contribution in [0.4, 0.5) is 5.95 Å². The molecule has 0 bridgehead atoms. The summed E-state index contributed by atoms with van der Waals surface area (Å²) in [5.74, 6) is 0.404. The number of imidazole rings is 1. The molecule has 0 amide bonds. The van der Waals surface area contributed by atoms with Crippen LogP contribution in [0.5, 0.6) is 0 Å². The number of nitrogens with two attached hydrogens (primary N) is 1. The maximum Gasteiger partial charge on any atom is 0.201 e. The Hall–Kier alpha value is -1.55. The highest BCUT2D eigenvalue weighted by Gasteiger charge is 2.11. The number of nitrogen functional groups attached to an aromatic ring is 1. The van der Waals surface area contributed by atoms with Crippen molar-refractivity contribution in [2.45, 2.75) is 0 Å². The van der Waals surface area contributed by atoms with Crippen molar-refractivity contribution < 1.29 is 0 Å². The van der Waals surface area contributed by atoms with Gasteiger partial charge in [0.05, 0.1) is 0 Å². The zero-order valence-electron chi connectivity index (χ0n) is 7.61. The molecule has 0 unspecified atom stereocenters. The highest BCUT2D eigenvalue weighted by Crippen LogP contribution is 2.27. The van der Waals surface area contributed by atoms with Crippen molar-refractivity contribution >= 4 is 17.5 Å². The van der Waals surface area contributed by atoms with Gasteiger partial charge in [-0.05, 0) is 12.1 Å². The second kappa shape index (κ2) is 3.31. The van der Waals surface area contributed by atoms with E-state index in [1.165, 1.54) is 0 Å². The second-order valence-corrected chi connectivity index (χ2v) is 3.26. The molecule has 0 aliphatic carbocycles. The number of pyridine rings is 1. The van der Waals surface area contributed by atoms with Crippen LogP contribution in [0.3, 0.4) is 0 Å². The molecule has 0 saturated heterocycles. The van der Waals surface area contributed by atoms with Gasteiger partial charge >= 0.3 is 0 Å². The van der Waals surface area contributed by atoms with Crippen molar-refractivity contribution in [3.8, 4) is 11.3 Å². The average molecular weight is 209 g/mol. The van der Waals surface area contributed by atoms with Gasteiger partial charge in [0.15, 0.2) is 0 Å². The predicted octanol–water partition coefficient (Wildman–Crippen LogP) is 1.72. The largest absolute Gasteiger partial charge is 0.369 e. The fourth-order valence-corrected chi connectivity index (χ4v) is 1.43. The molecule has 4 nitrogen and oxygen atoms in total. The summed E-state index contributed by atoms with van der Waals surface area (Å²) in [5.41, 5.74) is 7.23. The molecule has 0 aliphatic rings. The Balaban J connectivity index is 2.58. The van der Waals surface area contributed by atoms with Crippen molar-refractivity contribution in [2.24, 2.45) is 7.05 Å². The monoisotopic (exact) mass is 208 g/mol. The number of hydrogen-bond acceptors (Lipinski definition) is 3. The zero-order chi connectivity index (χ0) is 10.1. The topological polar surface area (TPSA) is 56.7 Å². The standard InChI is InChI=1S/C9H9ClN4/c1-14-8(10)7(13-9(14)11)6-2-4-12-5-3-6/h2-5H,1H3,(H2,11,13). The summed E-state index contributed by atoms with van der Waals surface area (Å²) in [4.78, 5) is 8.08. The van der Waals surface area contributed by atoms with E-state index in [0.717, 1.165) is 5.56 Å². The van der Waals surface area contributed by atoms with Crippen LogP contribution in [-0.2, 0) is 7.05 Å². The van der Waals surface area contributed by atoms with Gasteiger partial charge in [0, 0.05) is 25.0 Å². The number of nitrogens with zero attached hydrogens (tertiary/aromatic N) is 3. The number of rotatable bonds is 1. The summed E-state index contributed by atoms with van der Waals surface area (Å²) < 4.78 is 1.64. The van der Waals surface area contributed by atoms with Crippen LogP contribution in [-0.4, -0.2) is 14.5 Å². The summed E-state index contributed by atoms with van der Waals surface area (Å²) >= 11 is 6.05. The number of halogens is 1. The minimum atomic E-state index is 0.404. The molecule has 2 N–H and O–H groups in total. The van der Waals surface area contributed by atoms with E-state index in [1.807, 2.05) is 12.1 Å². The van der Waals surface area contributed by atoms with E-state index in [4.69, 9.17) is 17.3 Å². The van der Waals surface area contributed by atoms with Crippen LogP contribution in [0.1, 0.15) is 0 Å². The first-order valence-electron chi connectivity index (χ1n) is 4.08. The second-order valence-electron chi connectivity index (χ2n) is 2.90. The Morgan fingerprint density at radius 1 is 1.36 bits per heavy atom. The highest BCUT2D eigenvalue weighted by atomic mass is 35.5. The van der Waals surface area contributed by atoms with Crippen LogP contribution in [0, 0.1) is 0 Å².